The number of nitrogens with zero attached hydrogens (tertiary/aromatic N) is 1. The third kappa shape index (κ3) is 8.53. The summed E-state index contributed by atoms with van der Waals surface area (Å²) < 4.78 is 0. The van der Waals surface area contributed by atoms with Crippen LogP contribution in [-0.4, -0.2) is 83.6 Å². The number of nitrogens with one attached hydrogen (secondary N) is 4. The normalized spacial score (nSPS) is 13.2. The number of benzene rings is 1. The highest BCUT2D eigenvalue weighted by molar-refractivity contribution is 6.14. The number of carboxylic acid groups (broad SMARTS) is 1. The van der Waals surface area contributed by atoms with Crippen LogP contribution in [0.15, 0.2) is 42.5 Å². The monoisotopic (exact) mass is 473 g/mol. The standard InChI is InChI=1S/C21H23N5O8/c27-15(9-23-17(29)12-26-18(30)6-7-19(26)31)22-10-16(28)25-14(21(34)24-11-20(32)33)8-13-4-2-1-3-5-13/h1-7,14H,8-12H2,(H,22,27)(H,23,29)(H,24,34)(H,25,28)(H,32,33)/t14-/m0/s1. The molecule has 34 heavy (non-hydrogen) atoms. The van der Waals surface area contributed by atoms with Crippen LogP contribution in [0.2, 0.25) is 0 Å². The Bertz CT molecular complexity index is 990. The Labute approximate surface area is 193 Å². The van der Waals surface area contributed by atoms with E-state index < -0.39 is 73.6 Å². The Morgan fingerprint density at radius 1 is 0.794 bits per heavy atom. The maximum Gasteiger partial charge on any atom is 0.322 e. The molecule has 0 spiro atoms. The van der Waals surface area contributed by atoms with Gasteiger partial charge in [0.15, 0.2) is 0 Å². The lowest BCUT2D eigenvalue weighted by Gasteiger charge is -2.18. The highest BCUT2D eigenvalue weighted by Crippen LogP contribution is 2.04. The van der Waals surface area contributed by atoms with Crippen LogP contribution < -0.4 is 21.3 Å². The summed E-state index contributed by atoms with van der Waals surface area (Å²) >= 11 is 0. The van der Waals surface area contributed by atoms with E-state index in [1.807, 2.05) is 0 Å². The fourth-order valence-corrected chi connectivity index (χ4v) is 2.80. The molecule has 1 heterocycles. The van der Waals surface area contributed by atoms with Gasteiger partial charge in [0.1, 0.15) is 19.1 Å². The first-order valence-electron chi connectivity index (χ1n) is 10.1. The fourth-order valence-electron chi connectivity index (χ4n) is 2.80. The van der Waals surface area contributed by atoms with E-state index in [-0.39, 0.29) is 6.42 Å². The van der Waals surface area contributed by atoms with Crippen LogP contribution in [0, 0.1) is 0 Å². The Hall–Kier alpha value is -4.55. The second-order valence-corrected chi connectivity index (χ2v) is 7.07. The first-order chi connectivity index (χ1) is 16.2. The van der Waals surface area contributed by atoms with Gasteiger partial charge in [-0.2, -0.15) is 0 Å². The summed E-state index contributed by atoms with van der Waals surface area (Å²) in [5.41, 5.74) is 0.718. The highest BCUT2D eigenvalue weighted by atomic mass is 16.4. The molecule has 13 heteroatoms. The fraction of sp³-hybridized carbons (Fsp3) is 0.286. The summed E-state index contributed by atoms with van der Waals surface area (Å²) in [5, 5.41) is 17.8. The van der Waals surface area contributed by atoms with Crippen molar-refractivity contribution in [1.29, 1.82) is 0 Å². The summed E-state index contributed by atoms with van der Waals surface area (Å²) in [6.07, 6.45) is 2.13. The number of imide groups is 1. The summed E-state index contributed by atoms with van der Waals surface area (Å²) in [5.74, 6) is -5.43. The van der Waals surface area contributed by atoms with Crippen molar-refractivity contribution in [1.82, 2.24) is 26.2 Å². The first kappa shape index (κ1) is 25.7. The van der Waals surface area contributed by atoms with E-state index in [1.165, 1.54) is 0 Å². The molecule has 13 nitrogen and oxygen atoms in total. The first-order valence-corrected chi connectivity index (χ1v) is 10.1. The van der Waals surface area contributed by atoms with Crippen molar-refractivity contribution in [3.63, 3.8) is 0 Å². The summed E-state index contributed by atoms with van der Waals surface area (Å²) in [4.78, 5) is 82.5. The Morgan fingerprint density at radius 2 is 1.38 bits per heavy atom. The highest BCUT2D eigenvalue weighted by Gasteiger charge is 2.26. The molecule has 1 aliphatic heterocycles. The van der Waals surface area contributed by atoms with Gasteiger partial charge < -0.3 is 26.4 Å². The van der Waals surface area contributed by atoms with E-state index in [0.29, 0.717) is 4.90 Å². The number of carbonyl (C=O) groups is 7. The van der Waals surface area contributed by atoms with Gasteiger partial charge in [-0.05, 0) is 5.56 Å². The molecule has 0 saturated carbocycles. The van der Waals surface area contributed by atoms with E-state index in [1.54, 1.807) is 30.3 Å². The van der Waals surface area contributed by atoms with Crippen LogP contribution in [0.1, 0.15) is 5.56 Å². The maximum absolute atomic E-state index is 12.3. The molecule has 0 unspecified atom stereocenters. The molecular formula is C21H23N5O8. The molecule has 1 atom stereocenters. The van der Waals surface area contributed by atoms with Gasteiger partial charge in [0.25, 0.3) is 11.8 Å². The molecule has 1 aromatic carbocycles. The van der Waals surface area contributed by atoms with E-state index in [0.717, 1.165) is 17.7 Å². The SMILES string of the molecule is O=C(O)CNC(=O)[C@H](Cc1ccccc1)NC(=O)CNC(=O)CNC(=O)CN1C(=O)C=CC1=O. The molecule has 1 aromatic rings. The third-order valence-corrected chi connectivity index (χ3v) is 4.44. The van der Waals surface area contributed by atoms with Crippen molar-refractivity contribution in [3.8, 4) is 0 Å². The van der Waals surface area contributed by atoms with Crippen molar-refractivity contribution in [2.45, 2.75) is 12.5 Å². The zero-order valence-electron chi connectivity index (χ0n) is 17.9. The minimum Gasteiger partial charge on any atom is -0.480 e. The van der Waals surface area contributed by atoms with Gasteiger partial charge in [-0.15, -0.1) is 0 Å². The number of hydrogen-bond donors (Lipinski definition) is 5. The second-order valence-electron chi connectivity index (χ2n) is 7.07. The van der Waals surface area contributed by atoms with Crippen LogP contribution in [0.25, 0.3) is 0 Å². The molecule has 0 aromatic heterocycles. The zero-order valence-corrected chi connectivity index (χ0v) is 17.9. The third-order valence-electron chi connectivity index (χ3n) is 4.44. The van der Waals surface area contributed by atoms with Gasteiger partial charge >= 0.3 is 5.97 Å². The van der Waals surface area contributed by atoms with Crippen LogP contribution in [0.4, 0.5) is 0 Å². The van der Waals surface area contributed by atoms with Gasteiger partial charge in [-0.1, -0.05) is 30.3 Å². The van der Waals surface area contributed by atoms with Crippen molar-refractivity contribution in [3.05, 3.63) is 48.0 Å². The maximum atomic E-state index is 12.3. The van der Waals surface area contributed by atoms with E-state index in [4.69, 9.17) is 5.11 Å². The Balaban J connectivity index is 1.79. The van der Waals surface area contributed by atoms with Crippen LogP contribution >= 0.6 is 0 Å². The molecule has 180 valence electrons. The van der Waals surface area contributed by atoms with Crippen molar-refractivity contribution >= 4 is 41.4 Å². The van der Waals surface area contributed by atoms with Gasteiger partial charge in [-0.3, -0.25) is 38.5 Å². The van der Waals surface area contributed by atoms with E-state index in [2.05, 4.69) is 21.3 Å². The van der Waals surface area contributed by atoms with E-state index in [9.17, 15) is 33.6 Å². The lowest BCUT2D eigenvalue weighted by atomic mass is 10.1. The van der Waals surface area contributed by atoms with Crippen molar-refractivity contribution < 1.29 is 38.7 Å². The average Bonchev–Trinajstić information content (AvgIpc) is 3.12. The minimum absolute atomic E-state index is 0.0881. The molecule has 2 rings (SSSR count). The molecule has 0 fully saturated rings. The lowest BCUT2D eigenvalue weighted by Crippen LogP contribution is -2.52. The van der Waals surface area contributed by atoms with Crippen molar-refractivity contribution in [2.24, 2.45) is 0 Å². The summed E-state index contributed by atoms with van der Waals surface area (Å²) in [7, 11) is 0. The van der Waals surface area contributed by atoms with Crippen LogP contribution in [0.5, 0.6) is 0 Å². The van der Waals surface area contributed by atoms with Gasteiger partial charge in [0, 0.05) is 18.6 Å². The number of hydrogen-bond acceptors (Lipinski definition) is 7. The largest absolute Gasteiger partial charge is 0.480 e. The number of amides is 6. The molecule has 1 aliphatic rings. The van der Waals surface area contributed by atoms with E-state index >= 15 is 0 Å². The Morgan fingerprint density at radius 3 is 2.00 bits per heavy atom. The number of rotatable bonds is 12. The topological polar surface area (TPSA) is 191 Å². The number of carboxylic acids is 1. The zero-order chi connectivity index (χ0) is 25.1. The summed E-state index contributed by atoms with van der Waals surface area (Å²) in [6, 6.07) is 7.62. The number of carbonyl (C=O) groups excluding carboxylic acids is 6. The molecule has 6 amide bonds. The second kappa shape index (κ2) is 12.5. The minimum atomic E-state index is -1.25. The van der Waals surface area contributed by atoms with Crippen LogP contribution in [0.3, 0.4) is 0 Å². The van der Waals surface area contributed by atoms with Crippen LogP contribution in [-0.2, 0) is 40.0 Å². The Kier molecular flexibility index (Phi) is 9.43. The van der Waals surface area contributed by atoms with Gasteiger partial charge in [0.05, 0.1) is 13.1 Å². The predicted molar refractivity (Wildman–Crippen MR) is 115 cm³/mol. The van der Waals surface area contributed by atoms with Gasteiger partial charge in [0.2, 0.25) is 23.6 Å². The van der Waals surface area contributed by atoms with Gasteiger partial charge in [-0.25, -0.2) is 0 Å². The number of aliphatic carboxylic acids is 1. The molecule has 5 N–H and O–H groups in total. The summed E-state index contributed by atoms with van der Waals surface area (Å²) in [6.45, 7) is -2.20. The molecule has 0 saturated heterocycles. The molecule has 0 bridgehead atoms. The quantitative estimate of drug-likeness (QED) is 0.199. The average molecular weight is 473 g/mol. The lowest BCUT2D eigenvalue weighted by molar-refractivity contribution is -0.141. The molecular weight excluding hydrogens is 450 g/mol. The predicted octanol–water partition coefficient (Wildman–Crippen LogP) is -2.93. The molecule has 0 radical (unpaired) electrons. The van der Waals surface area contributed by atoms with Crippen molar-refractivity contribution in [2.75, 3.05) is 26.2 Å². The smallest absolute Gasteiger partial charge is 0.322 e. The molecule has 0 aliphatic carbocycles.